The lowest BCUT2D eigenvalue weighted by Crippen LogP contribution is -2.43. The van der Waals surface area contributed by atoms with Crippen LogP contribution in [0.15, 0.2) is 0 Å². The topological polar surface area (TPSA) is 24.5 Å². The molecule has 2 aliphatic heterocycles. The summed E-state index contributed by atoms with van der Waals surface area (Å²) in [5.41, 5.74) is 0. The molecule has 0 spiro atoms. The van der Waals surface area contributed by atoms with Crippen LogP contribution in [0.5, 0.6) is 0 Å². The third kappa shape index (κ3) is 3.16. The number of piperidine rings is 1. The molecule has 0 saturated carbocycles. The molecule has 0 aromatic rings. The molecule has 0 bridgehead atoms. The first-order valence-electron chi connectivity index (χ1n) is 6.33. The minimum absolute atomic E-state index is 0.491. The van der Waals surface area contributed by atoms with Crippen molar-refractivity contribution in [2.24, 2.45) is 0 Å². The van der Waals surface area contributed by atoms with Gasteiger partial charge < -0.3 is 15.0 Å². The maximum atomic E-state index is 5.86. The van der Waals surface area contributed by atoms with Gasteiger partial charge in [-0.3, -0.25) is 0 Å². The molecule has 88 valence electrons. The first-order valence-corrected chi connectivity index (χ1v) is 6.33. The number of rotatable bonds is 3. The predicted octanol–water partition coefficient (Wildman–Crippen LogP) is 1.24. The number of hydrogen-bond acceptors (Lipinski definition) is 3. The van der Waals surface area contributed by atoms with Gasteiger partial charge in [-0.1, -0.05) is 0 Å². The van der Waals surface area contributed by atoms with Gasteiger partial charge in [0.1, 0.15) is 0 Å². The van der Waals surface area contributed by atoms with Gasteiger partial charge >= 0.3 is 0 Å². The molecule has 0 aromatic carbocycles. The van der Waals surface area contributed by atoms with Gasteiger partial charge in [-0.15, -0.1) is 0 Å². The molecule has 2 saturated heterocycles. The number of hydrogen-bond donors (Lipinski definition) is 1. The van der Waals surface area contributed by atoms with Crippen LogP contribution in [0.1, 0.15) is 32.6 Å². The zero-order valence-electron chi connectivity index (χ0n) is 10.0. The molecular weight excluding hydrogens is 188 g/mol. The maximum Gasteiger partial charge on any atom is 0.0706 e. The number of nitrogens with zero attached hydrogens (tertiary/aromatic N) is 1. The van der Waals surface area contributed by atoms with Gasteiger partial charge in [0, 0.05) is 12.6 Å². The maximum absolute atomic E-state index is 5.86. The summed E-state index contributed by atoms with van der Waals surface area (Å²) < 4.78 is 5.86. The van der Waals surface area contributed by atoms with Crippen molar-refractivity contribution in [3.8, 4) is 0 Å². The fourth-order valence-electron chi connectivity index (χ4n) is 2.71. The van der Waals surface area contributed by atoms with E-state index in [9.17, 15) is 0 Å². The van der Waals surface area contributed by atoms with E-state index >= 15 is 0 Å². The SMILES string of the molecule is CNC1CCN(CC2CCC(C)O2)CC1. The van der Waals surface area contributed by atoms with Crippen LogP contribution in [0, 0.1) is 0 Å². The largest absolute Gasteiger partial charge is 0.374 e. The Labute approximate surface area is 93.2 Å². The predicted molar refractivity (Wildman–Crippen MR) is 62.1 cm³/mol. The van der Waals surface area contributed by atoms with Crippen LogP contribution >= 0.6 is 0 Å². The molecule has 1 N–H and O–H groups in total. The van der Waals surface area contributed by atoms with E-state index < -0.39 is 0 Å². The normalized spacial score (nSPS) is 34.8. The van der Waals surface area contributed by atoms with Crippen molar-refractivity contribution in [2.75, 3.05) is 26.7 Å². The van der Waals surface area contributed by atoms with Crippen molar-refractivity contribution >= 4 is 0 Å². The molecule has 0 radical (unpaired) electrons. The fourth-order valence-corrected chi connectivity index (χ4v) is 2.71. The quantitative estimate of drug-likeness (QED) is 0.762. The van der Waals surface area contributed by atoms with Crippen molar-refractivity contribution in [3.63, 3.8) is 0 Å². The average Bonchev–Trinajstić information content (AvgIpc) is 2.65. The zero-order valence-corrected chi connectivity index (χ0v) is 10.0. The fraction of sp³-hybridized carbons (Fsp3) is 1.00. The van der Waals surface area contributed by atoms with E-state index in [0.717, 1.165) is 12.6 Å². The molecular formula is C12H24N2O. The molecule has 15 heavy (non-hydrogen) atoms. The van der Waals surface area contributed by atoms with Crippen LogP contribution in [0.4, 0.5) is 0 Å². The minimum Gasteiger partial charge on any atom is -0.374 e. The minimum atomic E-state index is 0.491. The Kier molecular flexibility index (Phi) is 4.00. The van der Waals surface area contributed by atoms with Crippen molar-refractivity contribution < 1.29 is 4.74 Å². The summed E-state index contributed by atoms with van der Waals surface area (Å²) in [4.78, 5) is 2.57. The Hall–Kier alpha value is -0.120. The van der Waals surface area contributed by atoms with Crippen LogP contribution in [0.2, 0.25) is 0 Å². The van der Waals surface area contributed by atoms with Gasteiger partial charge in [0.05, 0.1) is 12.2 Å². The second-order valence-corrected chi connectivity index (χ2v) is 5.01. The summed E-state index contributed by atoms with van der Waals surface area (Å²) in [5, 5.41) is 3.37. The van der Waals surface area contributed by atoms with E-state index in [0.29, 0.717) is 12.2 Å². The number of ether oxygens (including phenoxy) is 1. The average molecular weight is 212 g/mol. The summed E-state index contributed by atoms with van der Waals surface area (Å²) in [6.07, 6.45) is 6.08. The van der Waals surface area contributed by atoms with Crippen LogP contribution < -0.4 is 5.32 Å². The Balaban J connectivity index is 1.68. The zero-order chi connectivity index (χ0) is 10.7. The van der Waals surface area contributed by atoms with E-state index in [1.165, 1.54) is 38.8 Å². The van der Waals surface area contributed by atoms with Gasteiger partial charge in [0.15, 0.2) is 0 Å². The van der Waals surface area contributed by atoms with Gasteiger partial charge in [0.2, 0.25) is 0 Å². The van der Waals surface area contributed by atoms with Gasteiger partial charge in [0.25, 0.3) is 0 Å². The lowest BCUT2D eigenvalue weighted by Gasteiger charge is -2.33. The first-order chi connectivity index (χ1) is 7.28. The van der Waals surface area contributed by atoms with Crippen LogP contribution in [0.3, 0.4) is 0 Å². The van der Waals surface area contributed by atoms with Crippen molar-refractivity contribution in [3.05, 3.63) is 0 Å². The highest BCUT2D eigenvalue weighted by atomic mass is 16.5. The van der Waals surface area contributed by atoms with Gasteiger partial charge in [-0.2, -0.15) is 0 Å². The molecule has 2 fully saturated rings. The first kappa shape index (κ1) is 11.4. The molecule has 2 atom stereocenters. The lowest BCUT2D eigenvalue weighted by atomic mass is 10.0. The van der Waals surface area contributed by atoms with Gasteiger partial charge in [-0.25, -0.2) is 0 Å². The smallest absolute Gasteiger partial charge is 0.0706 e. The Morgan fingerprint density at radius 1 is 1.20 bits per heavy atom. The highest BCUT2D eigenvalue weighted by Gasteiger charge is 2.25. The second kappa shape index (κ2) is 5.28. The van der Waals surface area contributed by atoms with Crippen LogP contribution in [-0.4, -0.2) is 49.8 Å². The number of nitrogens with one attached hydrogen (secondary N) is 1. The molecule has 0 amide bonds. The monoisotopic (exact) mass is 212 g/mol. The highest BCUT2D eigenvalue weighted by molar-refractivity contribution is 4.80. The third-order valence-corrected chi connectivity index (χ3v) is 3.78. The Morgan fingerprint density at radius 2 is 1.93 bits per heavy atom. The van der Waals surface area contributed by atoms with E-state index in [-0.39, 0.29) is 0 Å². The molecule has 2 aliphatic rings. The summed E-state index contributed by atoms with van der Waals surface area (Å²) in [6, 6.07) is 0.740. The summed E-state index contributed by atoms with van der Waals surface area (Å²) in [7, 11) is 2.07. The lowest BCUT2D eigenvalue weighted by molar-refractivity contribution is 0.0257. The molecule has 3 heteroatoms. The van der Waals surface area contributed by atoms with E-state index in [1.54, 1.807) is 0 Å². The van der Waals surface area contributed by atoms with Gasteiger partial charge in [-0.05, 0) is 52.7 Å². The van der Waals surface area contributed by atoms with Crippen molar-refractivity contribution in [1.29, 1.82) is 0 Å². The molecule has 2 rings (SSSR count). The van der Waals surface area contributed by atoms with Crippen molar-refractivity contribution in [2.45, 2.75) is 50.9 Å². The number of likely N-dealkylation sites (tertiary alicyclic amines) is 1. The highest BCUT2D eigenvalue weighted by Crippen LogP contribution is 2.21. The molecule has 0 aromatic heterocycles. The third-order valence-electron chi connectivity index (χ3n) is 3.78. The Bertz CT molecular complexity index is 190. The van der Waals surface area contributed by atoms with E-state index in [1.807, 2.05) is 0 Å². The summed E-state index contributed by atoms with van der Waals surface area (Å²) in [6.45, 7) is 5.81. The molecule has 2 heterocycles. The molecule has 3 nitrogen and oxygen atoms in total. The van der Waals surface area contributed by atoms with Crippen LogP contribution in [-0.2, 0) is 4.74 Å². The molecule has 2 unspecified atom stereocenters. The summed E-state index contributed by atoms with van der Waals surface area (Å²) in [5.74, 6) is 0. The molecule has 0 aliphatic carbocycles. The second-order valence-electron chi connectivity index (χ2n) is 5.01. The Morgan fingerprint density at radius 3 is 2.47 bits per heavy atom. The van der Waals surface area contributed by atoms with E-state index in [4.69, 9.17) is 4.74 Å². The summed E-state index contributed by atoms with van der Waals surface area (Å²) >= 11 is 0. The van der Waals surface area contributed by atoms with Crippen LogP contribution in [0.25, 0.3) is 0 Å². The standard InChI is InChI=1S/C12H24N2O/c1-10-3-4-12(15-10)9-14-7-5-11(13-2)6-8-14/h10-13H,3-9H2,1-2H3. The van der Waals surface area contributed by atoms with Crippen molar-refractivity contribution in [1.82, 2.24) is 10.2 Å². The van der Waals surface area contributed by atoms with E-state index in [2.05, 4.69) is 24.2 Å².